The standard InChI is InChI=1S/C11H23NO2/c1-4-11(2,13)9-12(7-8-14-3)10-5-6-10/h10,13H,4-9H2,1-3H3. The van der Waals surface area contributed by atoms with Crippen molar-refractivity contribution >= 4 is 0 Å². The molecule has 0 saturated heterocycles. The number of hydrogen-bond donors (Lipinski definition) is 1. The Labute approximate surface area is 87.1 Å². The molecule has 1 aliphatic rings. The van der Waals surface area contributed by atoms with Gasteiger partial charge >= 0.3 is 0 Å². The molecule has 3 nitrogen and oxygen atoms in total. The zero-order valence-corrected chi connectivity index (χ0v) is 9.62. The van der Waals surface area contributed by atoms with Gasteiger partial charge in [0.15, 0.2) is 0 Å². The molecule has 0 aliphatic heterocycles. The predicted molar refractivity (Wildman–Crippen MR) is 57.4 cm³/mol. The van der Waals surface area contributed by atoms with E-state index >= 15 is 0 Å². The average Bonchev–Trinajstić information content (AvgIpc) is 2.95. The Kier molecular flexibility index (Phi) is 4.35. The summed E-state index contributed by atoms with van der Waals surface area (Å²) < 4.78 is 5.08. The first-order valence-electron chi connectivity index (χ1n) is 5.54. The van der Waals surface area contributed by atoms with Gasteiger partial charge in [-0.15, -0.1) is 0 Å². The molecule has 1 N–H and O–H groups in total. The number of nitrogens with zero attached hydrogens (tertiary/aromatic N) is 1. The molecule has 0 radical (unpaired) electrons. The Bertz CT molecular complexity index is 167. The van der Waals surface area contributed by atoms with E-state index in [0.29, 0.717) is 6.04 Å². The zero-order valence-electron chi connectivity index (χ0n) is 9.62. The Hall–Kier alpha value is -0.120. The lowest BCUT2D eigenvalue weighted by molar-refractivity contribution is 0.00697. The van der Waals surface area contributed by atoms with Crippen molar-refractivity contribution in [2.45, 2.75) is 44.8 Å². The molecule has 14 heavy (non-hydrogen) atoms. The highest BCUT2D eigenvalue weighted by molar-refractivity contribution is 4.88. The average molecular weight is 201 g/mol. The lowest BCUT2D eigenvalue weighted by atomic mass is 10.0. The van der Waals surface area contributed by atoms with Crippen molar-refractivity contribution in [3.05, 3.63) is 0 Å². The molecule has 0 spiro atoms. The maximum Gasteiger partial charge on any atom is 0.0743 e. The van der Waals surface area contributed by atoms with Gasteiger partial charge in [-0.25, -0.2) is 0 Å². The van der Waals surface area contributed by atoms with Gasteiger partial charge in [0.25, 0.3) is 0 Å². The van der Waals surface area contributed by atoms with Crippen molar-refractivity contribution < 1.29 is 9.84 Å². The molecule has 3 heteroatoms. The van der Waals surface area contributed by atoms with Gasteiger partial charge in [0.2, 0.25) is 0 Å². The fraction of sp³-hybridized carbons (Fsp3) is 1.00. The summed E-state index contributed by atoms with van der Waals surface area (Å²) >= 11 is 0. The fourth-order valence-corrected chi connectivity index (χ4v) is 1.59. The topological polar surface area (TPSA) is 32.7 Å². The summed E-state index contributed by atoms with van der Waals surface area (Å²) in [5.74, 6) is 0. The zero-order chi connectivity index (χ0) is 10.6. The molecule has 0 amide bonds. The van der Waals surface area contributed by atoms with E-state index in [1.165, 1.54) is 12.8 Å². The van der Waals surface area contributed by atoms with E-state index in [-0.39, 0.29) is 0 Å². The molecule has 84 valence electrons. The highest BCUT2D eigenvalue weighted by Crippen LogP contribution is 2.28. The predicted octanol–water partition coefficient (Wildman–Crippen LogP) is 1.26. The summed E-state index contributed by atoms with van der Waals surface area (Å²) in [5.41, 5.74) is -0.545. The third-order valence-corrected chi connectivity index (χ3v) is 2.95. The normalized spacial score (nSPS) is 21.2. The first kappa shape index (κ1) is 12.0. The summed E-state index contributed by atoms with van der Waals surface area (Å²) in [6.45, 7) is 6.42. The summed E-state index contributed by atoms with van der Waals surface area (Å²) in [4.78, 5) is 2.35. The monoisotopic (exact) mass is 201 g/mol. The molecular weight excluding hydrogens is 178 g/mol. The van der Waals surface area contributed by atoms with Crippen LogP contribution in [-0.2, 0) is 4.74 Å². The SMILES string of the molecule is CCC(C)(O)CN(CCOC)C1CC1. The van der Waals surface area contributed by atoms with Crippen LogP contribution in [0, 0.1) is 0 Å². The van der Waals surface area contributed by atoms with Crippen LogP contribution in [0.1, 0.15) is 33.1 Å². The quantitative estimate of drug-likeness (QED) is 0.673. The first-order valence-corrected chi connectivity index (χ1v) is 5.54. The van der Waals surface area contributed by atoms with Gasteiger partial charge in [-0.3, -0.25) is 4.90 Å². The minimum absolute atomic E-state index is 0.545. The Morgan fingerprint density at radius 3 is 2.57 bits per heavy atom. The third-order valence-electron chi connectivity index (χ3n) is 2.95. The number of ether oxygens (including phenoxy) is 1. The maximum atomic E-state index is 9.99. The minimum atomic E-state index is -0.545. The van der Waals surface area contributed by atoms with Crippen molar-refractivity contribution in [3.8, 4) is 0 Å². The molecule has 0 aromatic carbocycles. The van der Waals surface area contributed by atoms with E-state index in [1.807, 2.05) is 13.8 Å². The Morgan fingerprint density at radius 1 is 1.50 bits per heavy atom. The van der Waals surface area contributed by atoms with Crippen LogP contribution in [0.15, 0.2) is 0 Å². The van der Waals surface area contributed by atoms with Gasteiger partial charge in [-0.05, 0) is 26.2 Å². The van der Waals surface area contributed by atoms with Crippen LogP contribution in [-0.4, -0.2) is 48.5 Å². The van der Waals surface area contributed by atoms with E-state index in [1.54, 1.807) is 7.11 Å². The summed E-state index contributed by atoms with van der Waals surface area (Å²) in [6.07, 6.45) is 3.37. The Balaban J connectivity index is 2.34. The van der Waals surface area contributed by atoms with E-state index in [2.05, 4.69) is 4.90 Å². The van der Waals surface area contributed by atoms with E-state index < -0.39 is 5.60 Å². The van der Waals surface area contributed by atoms with Gasteiger partial charge < -0.3 is 9.84 Å². The van der Waals surface area contributed by atoms with Crippen LogP contribution in [0.2, 0.25) is 0 Å². The number of methoxy groups -OCH3 is 1. The van der Waals surface area contributed by atoms with Crippen LogP contribution >= 0.6 is 0 Å². The largest absolute Gasteiger partial charge is 0.389 e. The second-order valence-electron chi connectivity index (χ2n) is 4.54. The lowest BCUT2D eigenvalue weighted by Crippen LogP contribution is -2.43. The highest BCUT2D eigenvalue weighted by atomic mass is 16.5. The molecule has 0 heterocycles. The van der Waals surface area contributed by atoms with Crippen LogP contribution in [0.3, 0.4) is 0 Å². The first-order chi connectivity index (χ1) is 6.59. The van der Waals surface area contributed by atoms with E-state index in [9.17, 15) is 5.11 Å². The highest BCUT2D eigenvalue weighted by Gasteiger charge is 2.32. The van der Waals surface area contributed by atoms with Crippen molar-refractivity contribution in [3.63, 3.8) is 0 Å². The van der Waals surface area contributed by atoms with Gasteiger partial charge in [0.05, 0.1) is 12.2 Å². The minimum Gasteiger partial charge on any atom is -0.389 e. The van der Waals surface area contributed by atoms with Gasteiger partial charge in [0, 0.05) is 26.2 Å². The van der Waals surface area contributed by atoms with Gasteiger partial charge in [0.1, 0.15) is 0 Å². The van der Waals surface area contributed by atoms with Gasteiger partial charge in [-0.2, -0.15) is 0 Å². The molecule has 1 saturated carbocycles. The number of aliphatic hydroxyl groups is 1. The van der Waals surface area contributed by atoms with Crippen molar-refractivity contribution in [1.82, 2.24) is 4.90 Å². The Morgan fingerprint density at radius 2 is 2.14 bits per heavy atom. The van der Waals surface area contributed by atoms with E-state index in [0.717, 1.165) is 26.1 Å². The molecular formula is C11H23NO2. The van der Waals surface area contributed by atoms with Crippen LogP contribution in [0.25, 0.3) is 0 Å². The molecule has 0 aromatic heterocycles. The molecule has 1 unspecified atom stereocenters. The smallest absolute Gasteiger partial charge is 0.0743 e. The number of hydrogen-bond acceptors (Lipinski definition) is 3. The molecule has 1 rings (SSSR count). The summed E-state index contributed by atoms with van der Waals surface area (Å²) in [7, 11) is 1.73. The molecule has 1 fully saturated rings. The molecule has 1 atom stereocenters. The number of rotatable bonds is 7. The third kappa shape index (κ3) is 3.95. The van der Waals surface area contributed by atoms with Crippen molar-refractivity contribution in [2.75, 3.05) is 26.8 Å². The fourth-order valence-electron chi connectivity index (χ4n) is 1.59. The second kappa shape index (κ2) is 5.10. The van der Waals surface area contributed by atoms with Gasteiger partial charge in [-0.1, -0.05) is 6.92 Å². The molecule has 0 aromatic rings. The van der Waals surface area contributed by atoms with E-state index in [4.69, 9.17) is 4.74 Å². The molecule has 0 bridgehead atoms. The second-order valence-corrected chi connectivity index (χ2v) is 4.54. The van der Waals surface area contributed by atoms with Crippen LogP contribution in [0.5, 0.6) is 0 Å². The molecule has 1 aliphatic carbocycles. The van der Waals surface area contributed by atoms with Crippen molar-refractivity contribution in [1.29, 1.82) is 0 Å². The lowest BCUT2D eigenvalue weighted by Gasteiger charge is -2.30. The maximum absolute atomic E-state index is 9.99. The van der Waals surface area contributed by atoms with Crippen LogP contribution < -0.4 is 0 Å². The summed E-state index contributed by atoms with van der Waals surface area (Å²) in [5, 5.41) is 9.99. The van der Waals surface area contributed by atoms with Crippen LogP contribution in [0.4, 0.5) is 0 Å². The summed E-state index contributed by atoms with van der Waals surface area (Å²) in [6, 6.07) is 0.697. The van der Waals surface area contributed by atoms with Crippen molar-refractivity contribution in [2.24, 2.45) is 0 Å².